The number of hydrogen-bond donors (Lipinski definition) is 0. The van der Waals surface area contributed by atoms with E-state index in [1.807, 2.05) is 0 Å². The molecule has 0 heterocycles. The van der Waals surface area contributed by atoms with Gasteiger partial charge in [-0.3, -0.25) is 0 Å². The molecule has 0 fully saturated rings. The van der Waals surface area contributed by atoms with Gasteiger partial charge < -0.3 is 4.79 Å². The molecule has 0 spiro atoms. The van der Waals surface area contributed by atoms with E-state index in [-0.39, 0.29) is 23.1 Å². The summed E-state index contributed by atoms with van der Waals surface area (Å²) in [5.41, 5.74) is 1.46. The van der Waals surface area contributed by atoms with Crippen molar-refractivity contribution in [2.24, 2.45) is 0 Å². The van der Waals surface area contributed by atoms with Crippen molar-refractivity contribution in [1.82, 2.24) is 0 Å². The van der Waals surface area contributed by atoms with E-state index in [1.54, 1.807) is 18.2 Å². The second kappa shape index (κ2) is 6.67. The first-order valence-corrected chi connectivity index (χ1v) is 9.08. The second-order valence-corrected chi connectivity index (χ2v) is 7.80. The molecule has 0 N–H and O–H groups in total. The average Bonchev–Trinajstić information content (AvgIpc) is 2.43. The van der Waals surface area contributed by atoms with E-state index in [4.69, 9.17) is 0 Å². The van der Waals surface area contributed by atoms with Gasteiger partial charge in [-0.25, -0.2) is 12.8 Å². The molecule has 22 heavy (non-hydrogen) atoms. The average molecular weight is 338 g/mol. The molecule has 0 aromatic heterocycles. The summed E-state index contributed by atoms with van der Waals surface area (Å²) < 4.78 is 36.6. The Morgan fingerprint density at radius 2 is 1.77 bits per heavy atom. The molecule has 0 aliphatic rings. The maximum absolute atomic E-state index is 13.6. The smallest absolute Gasteiger partial charge is 0.175 e. The van der Waals surface area contributed by atoms with Crippen LogP contribution in [0.2, 0.25) is 0 Å². The van der Waals surface area contributed by atoms with Crippen LogP contribution in [0.25, 0.3) is 0 Å². The zero-order valence-corrected chi connectivity index (χ0v) is 14.0. The monoisotopic (exact) mass is 338 g/mol. The molecular weight excluding hydrogens is 322 g/mol. The van der Waals surface area contributed by atoms with Gasteiger partial charge in [-0.05, 0) is 40.7 Å². The zero-order chi connectivity index (χ0) is 16.3. The summed E-state index contributed by atoms with van der Waals surface area (Å²) in [5, 5.41) is 0.693. The van der Waals surface area contributed by atoms with Crippen LogP contribution < -0.4 is 5.30 Å². The van der Waals surface area contributed by atoms with Gasteiger partial charge in [-0.2, -0.15) is 0 Å². The molecule has 2 atom stereocenters. The number of carbonyl (C=O) groups excluding carboxylic acids is 1. The minimum absolute atomic E-state index is 0.200. The summed E-state index contributed by atoms with van der Waals surface area (Å²) in [6.07, 6.45) is 2.12. The van der Waals surface area contributed by atoms with Crippen LogP contribution in [0.3, 0.4) is 0 Å². The highest BCUT2D eigenvalue weighted by atomic mass is 32.2. The molecule has 0 saturated heterocycles. The number of benzene rings is 2. The number of rotatable bonds is 5. The standard InChI is InChI=1S/C16H16FO3PS/c1-22(19,20)15-4-2-11(3-5-15)16(6-7-18)12-8-13(17)10-14(21)9-12/h2-5,7-10,16H,6,21H2,1H3. The Hall–Kier alpha value is -1.58. The normalized spacial score (nSPS) is 12.9. The molecule has 3 nitrogen and oxygen atoms in total. The lowest BCUT2D eigenvalue weighted by atomic mass is 9.89. The SMILES string of the molecule is CS(=O)(=O)c1ccc(C(CC=O)c2cc(F)cc(P)c2)cc1. The van der Waals surface area contributed by atoms with Crippen molar-refractivity contribution < 1.29 is 17.6 Å². The van der Waals surface area contributed by atoms with Gasteiger partial charge in [0.05, 0.1) is 4.90 Å². The molecule has 2 aromatic rings. The second-order valence-electron chi connectivity index (χ2n) is 5.11. The molecule has 0 bridgehead atoms. The van der Waals surface area contributed by atoms with Crippen LogP contribution in [0.1, 0.15) is 23.5 Å². The van der Waals surface area contributed by atoms with Gasteiger partial charge in [-0.15, -0.1) is 9.24 Å². The Bertz CT molecular complexity index is 765. The van der Waals surface area contributed by atoms with E-state index in [9.17, 15) is 17.6 Å². The summed E-state index contributed by atoms with van der Waals surface area (Å²) >= 11 is 0. The number of aldehydes is 1. The minimum atomic E-state index is -3.27. The largest absolute Gasteiger partial charge is 0.303 e. The molecule has 2 unspecified atom stereocenters. The van der Waals surface area contributed by atoms with Crippen LogP contribution in [0, 0.1) is 5.82 Å². The highest BCUT2D eigenvalue weighted by molar-refractivity contribution is 7.90. The van der Waals surface area contributed by atoms with Gasteiger partial charge in [0.15, 0.2) is 9.84 Å². The lowest BCUT2D eigenvalue weighted by Crippen LogP contribution is -2.06. The van der Waals surface area contributed by atoms with Crippen molar-refractivity contribution in [1.29, 1.82) is 0 Å². The van der Waals surface area contributed by atoms with Gasteiger partial charge in [0.25, 0.3) is 0 Å². The molecule has 0 amide bonds. The lowest BCUT2D eigenvalue weighted by Gasteiger charge is -2.16. The van der Waals surface area contributed by atoms with Crippen LogP contribution in [0.4, 0.5) is 4.39 Å². The summed E-state index contributed by atoms with van der Waals surface area (Å²) in [6, 6.07) is 10.9. The van der Waals surface area contributed by atoms with Gasteiger partial charge in [0.1, 0.15) is 12.1 Å². The van der Waals surface area contributed by atoms with E-state index in [2.05, 4.69) is 9.24 Å². The third-order valence-electron chi connectivity index (χ3n) is 3.39. The Kier molecular flexibility index (Phi) is 5.09. The van der Waals surface area contributed by atoms with Gasteiger partial charge >= 0.3 is 0 Å². The number of sulfone groups is 1. The molecule has 2 rings (SSSR count). The molecule has 116 valence electrons. The predicted molar refractivity (Wildman–Crippen MR) is 87.8 cm³/mol. The molecule has 0 radical (unpaired) electrons. The van der Waals surface area contributed by atoms with Crippen molar-refractivity contribution in [3.63, 3.8) is 0 Å². The van der Waals surface area contributed by atoms with Gasteiger partial charge in [0, 0.05) is 18.6 Å². The zero-order valence-electron chi connectivity index (χ0n) is 12.0. The Labute approximate surface area is 131 Å². The number of hydrogen-bond acceptors (Lipinski definition) is 3. The van der Waals surface area contributed by atoms with E-state index in [0.717, 1.165) is 18.1 Å². The van der Waals surface area contributed by atoms with Crippen molar-refractivity contribution in [2.75, 3.05) is 6.26 Å². The van der Waals surface area contributed by atoms with Crippen molar-refractivity contribution in [3.8, 4) is 0 Å². The fourth-order valence-corrected chi connectivity index (χ4v) is 3.33. The maximum Gasteiger partial charge on any atom is 0.175 e. The number of halogens is 1. The Morgan fingerprint density at radius 3 is 2.27 bits per heavy atom. The van der Waals surface area contributed by atoms with Crippen LogP contribution >= 0.6 is 9.24 Å². The molecular formula is C16H16FO3PS. The van der Waals surface area contributed by atoms with E-state index in [1.165, 1.54) is 24.3 Å². The highest BCUT2D eigenvalue weighted by Gasteiger charge is 2.16. The fraction of sp³-hybridized carbons (Fsp3) is 0.188. The van der Waals surface area contributed by atoms with Crippen molar-refractivity contribution in [2.45, 2.75) is 17.2 Å². The van der Waals surface area contributed by atoms with E-state index < -0.39 is 9.84 Å². The molecule has 2 aromatic carbocycles. The van der Waals surface area contributed by atoms with Crippen LogP contribution in [-0.2, 0) is 14.6 Å². The fourth-order valence-electron chi connectivity index (χ4n) is 2.35. The lowest BCUT2D eigenvalue weighted by molar-refractivity contribution is -0.108. The summed E-state index contributed by atoms with van der Waals surface area (Å²) in [6.45, 7) is 0. The summed E-state index contributed by atoms with van der Waals surface area (Å²) in [5.74, 6) is -0.674. The number of carbonyl (C=O) groups is 1. The van der Waals surface area contributed by atoms with E-state index in [0.29, 0.717) is 10.9 Å². The highest BCUT2D eigenvalue weighted by Crippen LogP contribution is 2.28. The molecule has 0 saturated carbocycles. The van der Waals surface area contributed by atoms with Crippen molar-refractivity contribution in [3.05, 3.63) is 59.4 Å². The minimum Gasteiger partial charge on any atom is -0.303 e. The van der Waals surface area contributed by atoms with Crippen LogP contribution in [-0.4, -0.2) is 21.0 Å². The first-order valence-electron chi connectivity index (χ1n) is 6.61. The Balaban J connectivity index is 2.45. The molecule has 0 aliphatic carbocycles. The quantitative estimate of drug-likeness (QED) is 0.622. The molecule has 6 heteroatoms. The van der Waals surface area contributed by atoms with Gasteiger partial charge in [0.2, 0.25) is 0 Å². The third kappa shape index (κ3) is 3.99. The van der Waals surface area contributed by atoms with Gasteiger partial charge in [-0.1, -0.05) is 18.2 Å². The first-order chi connectivity index (χ1) is 10.3. The van der Waals surface area contributed by atoms with E-state index >= 15 is 0 Å². The van der Waals surface area contributed by atoms with Crippen LogP contribution in [0.5, 0.6) is 0 Å². The third-order valence-corrected chi connectivity index (χ3v) is 4.85. The predicted octanol–water partition coefficient (Wildman–Crippen LogP) is 2.45. The summed E-state index contributed by atoms with van der Waals surface area (Å²) in [7, 11) is -0.837. The summed E-state index contributed by atoms with van der Waals surface area (Å²) in [4.78, 5) is 11.2. The Morgan fingerprint density at radius 1 is 1.14 bits per heavy atom. The topological polar surface area (TPSA) is 51.2 Å². The van der Waals surface area contributed by atoms with Crippen molar-refractivity contribution >= 4 is 30.7 Å². The first kappa shape index (κ1) is 16.8. The maximum atomic E-state index is 13.6. The molecule has 0 aliphatic heterocycles. The van der Waals surface area contributed by atoms with Crippen LogP contribution in [0.15, 0.2) is 47.4 Å².